The van der Waals surface area contributed by atoms with E-state index in [1.165, 1.54) is 0 Å². The van der Waals surface area contributed by atoms with Crippen LogP contribution in [0.2, 0.25) is 0 Å². The number of hydrogen-bond donors (Lipinski definition) is 1. The summed E-state index contributed by atoms with van der Waals surface area (Å²) < 4.78 is 5.36. The third kappa shape index (κ3) is 4.27. The van der Waals surface area contributed by atoms with Gasteiger partial charge in [-0.3, -0.25) is 0 Å². The molecule has 0 aromatic carbocycles. The number of carbonyl (C=O) groups is 1. The molecule has 0 aliphatic carbocycles. The first-order valence-corrected chi connectivity index (χ1v) is 7.98. The second-order valence-electron chi connectivity index (χ2n) is 6.41. The summed E-state index contributed by atoms with van der Waals surface area (Å²) in [5.41, 5.74) is -0.503. The number of aliphatic imine (C=N–C) groups is 1. The van der Waals surface area contributed by atoms with E-state index in [2.05, 4.69) is 4.99 Å². The zero-order chi connectivity index (χ0) is 16.5. The number of aliphatic hydroxyl groups is 1. The zero-order valence-corrected chi connectivity index (χ0v) is 14.4. The minimum absolute atomic E-state index is 0.0479. The second-order valence-corrected chi connectivity index (χ2v) is 7.18. The van der Waals surface area contributed by atoms with Gasteiger partial charge < -0.3 is 19.6 Å². The Bertz CT molecular complexity index is 494. The fourth-order valence-electron chi connectivity index (χ4n) is 2.48. The number of rotatable bonds is 1. The Morgan fingerprint density at radius 2 is 1.95 bits per heavy atom. The van der Waals surface area contributed by atoms with Crippen molar-refractivity contribution in [2.45, 2.75) is 51.5 Å². The molecule has 2 aliphatic heterocycles. The number of nitrogens with zero attached hydrogens (tertiary/aromatic N) is 3. The summed E-state index contributed by atoms with van der Waals surface area (Å²) in [6.45, 7) is 6.65. The molecule has 8 heteroatoms. The molecule has 0 saturated carbocycles. The van der Waals surface area contributed by atoms with Gasteiger partial charge in [0.05, 0.1) is 0 Å². The number of hydrogen-bond acceptors (Lipinski definition) is 5. The van der Waals surface area contributed by atoms with Crippen molar-refractivity contribution >= 4 is 34.5 Å². The van der Waals surface area contributed by atoms with Crippen LogP contribution in [0.3, 0.4) is 0 Å². The number of likely N-dealkylation sites (tertiary alicyclic amines) is 1. The first-order chi connectivity index (χ1) is 10.2. The molecule has 0 spiro atoms. The van der Waals surface area contributed by atoms with Crippen molar-refractivity contribution in [3.05, 3.63) is 11.4 Å². The van der Waals surface area contributed by atoms with Gasteiger partial charge in [0, 0.05) is 25.3 Å². The van der Waals surface area contributed by atoms with Crippen molar-refractivity contribution in [3.8, 4) is 0 Å². The smallest absolute Gasteiger partial charge is 0.410 e. The predicted octanol–water partition coefficient (Wildman–Crippen LogP) is 2.69. The number of carbonyl (C=O) groups excluding carboxylic acids is 1. The van der Waals surface area contributed by atoms with Crippen LogP contribution < -0.4 is 0 Å². The molecule has 1 atom stereocenters. The van der Waals surface area contributed by atoms with Gasteiger partial charge in [-0.1, -0.05) is 23.2 Å². The average molecular weight is 350 g/mol. The Labute approximate surface area is 140 Å². The van der Waals surface area contributed by atoms with Crippen molar-refractivity contribution in [1.29, 1.82) is 0 Å². The van der Waals surface area contributed by atoms with E-state index in [9.17, 15) is 9.90 Å². The molecule has 6 nitrogen and oxygen atoms in total. The number of piperidine rings is 1. The number of halogens is 2. The van der Waals surface area contributed by atoms with Gasteiger partial charge in [0.15, 0.2) is 11.4 Å². The maximum atomic E-state index is 12.0. The fourth-order valence-corrected chi connectivity index (χ4v) is 2.93. The molecule has 0 radical (unpaired) electrons. The molecular formula is C14H21Cl2N3O3. The first kappa shape index (κ1) is 17.4. The van der Waals surface area contributed by atoms with E-state index >= 15 is 0 Å². The average Bonchev–Trinajstić information content (AvgIpc) is 2.41. The van der Waals surface area contributed by atoms with E-state index < -0.39 is 11.8 Å². The highest BCUT2D eigenvalue weighted by molar-refractivity contribution is 6.67. The van der Waals surface area contributed by atoms with E-state index in [1.807, 2.05) is 20.8 Å². The van der Waals surface area contributed by atoms with Crippen LogP contribution in [0.5, 0.6) is 0 Å². The Morgan fingerprint density at radius 3 is 2.50 bits per heavy atom. The van der Waals surface area contributed by atoms with Crippen LogP contribution in [-0.4, -0.2) is 57.1 Å². The van der Waals surface area contributed by atoms with Crippen molar-refractivity contribution in [2.75, 3.05) is 13.1 Å². The number of ether oxygens (including phenoxy) is 1. The standard InChI is InChI=1S/C14H21Cl2N3O3/c1-14(2,3)22-13(21)18-6-4-9(5-7-18)19-8-10(15)17-11(16)12(19)20/h8-9,12,20H,4-7H2,1-3H3. The van der Waals surface area contributed by atoms with Gasteiger partial charge in [-0.25, -0.2) is 9.79 Å². The summed E-state index contributed by atoms with van der Waals surface area (Å²) in [5.74, 6) is 0. The predicted molar refractivity (Wildman–Crippen MR) is 85.9 cm³/mol. The summed E-state index contributed by atoms with van der Waals surface area (Å²) >= 11 is 11.8. The molecule has 22 heavy (non-hydrogen) atoms. The van der Waals surface area contributed by atoms with Crippen LogP contribution in [0.4, 0.5) is 4.79 Å². The Hall–Kier alpha value is -0.980. The minimum Gasteiger partial charge on any atom is -0.444 e. The maximum Gasteiger partial charge on any atom is 0.410 e. The lowest BCUT2D eigenvalue weighted by atomic mass is 10.0. The number of aliphatic hydroxyl groups excluding tert-OH is 1. The van der Waals surface area contributed by atoms with Crippen LogP contribution in [0.15, 0.2) is 16.3 Å². The lowest BCUT2D eigenvalue weighted by molar-refractivity contribution is 0.00556. The van der Waals surface area contributed by atoms with Crippen molar-refractivity contribution in [1.82, 2.24) is 9.80 Å². The van der Waals surface area contributed by atoms with Crippen LogP contribution in [0.25, 0.3) is 0 Å². The van der Waals surface area contributed by atoms with E-state index in [1.54, 1.807) is 16.0 Å². The maximum absolute atomic E-state index is 12.0. The SMILES string of the molecule is CC(C)(C)OC(=O)N1CCC(N2C=C(Cl)N=C(Cl)C2O)CC1. The molecule has 1 unspecified atom stereocenters. The molecule has 0 aromatic heterocycles. The molecule has 1 amide bonds. The lowest BCUT2D eigenvalue weighted by Gasteiger charge is -2.40. The second kappa shape index (κ2) is 6.64. The van der Waals surface area contributed by atoms with Gasteiger partial charge in [-0.15, -0.1) is 0 Å². The van der Waals surface area contributed by atoms with E-state index in [0.717, 1.165) is 0 Å². The third-order valence-electron chi connectivity index (χ3n) is 3.50. The molecule has 1 saturated heterocycles. The molecule has 2 heterocycles. The molecule has 0 aromatic rings. The summed E-state index contributed by atoms with van der Waals surface area (Å²) in [7, 11) is 0. The van der Waals surface area contributed by atoms with E-state index in [-0.39, 0.29) is 22.5 Å². The highest BCUT2D eigenvalue weighted by Gasteiger charge is 2.33. The highest BCUT2D eigenvalue weighted by Crippen LogP contribution is 2.26. The van der Waals surface area contributed by atoms with E-state index in [4.69, 9.17) is 27.9 Å². The normalized spacial score (nSPS) is 24.0. The highest BCUT2D eigenvalue weighted by atomic mass is 35.5. The largest absolute Gasteiger partial charge is 0.444 e. The summed E-state index contributed by atoms with van der Waals surface area (Å²) in [6, 6.07) is 0.0479. The van der Waals surface area contributed by atoms with Crippen molar-refractivity contribution in [2.24, 2.45) is 4.99 Å². The van der Waals surface area contributed by atoms with Crippen LogP contribution >= 0.6 is 23.2 Å². The topological polar surface area (TPSA) is 65.4 Å². The van der Waals surface area contributed by atoms with Crippen LogP contribution in [0.1, 0.15) is 33.6 Å². The Morgan fingerprint density at radius 1 is 1.36 bits per heavy atom. The van der Waals surface area contributed by atoms with Gasteiger partial charge in [-0.2, -0.15) is 0 Å². The minimum atomic E-state index is -0.984. The van der Waals surface area contributed by atoms with Crippen LogP contribution in [-0.2, 0) is 4.74 Å². The molecule has 124 valence electrons. The molecule has 2 aliphatic rings. The van der Waals surface area contributed by atoms with Gasteiger partial charge in [0.2, 0.25) is 0 Å². The zero-order valence-electron chi connectivity index (χ0n) is 12.9. The van der Waals surface area contributed by atoms with Gasteiger partial charge in [0.25, 0.3) is 0 Å². The van der Waals surface area contributed by atoms with Crippen molar-refractivity contribution in [3.63, 3.8) is 0 Å². The van der Waals surface area contributed by atoms with Gasteiger partial charge >= 0.3 is 6.09 Å². The quantitative estimate of drug-likeness (QED) is 0.739. The molecule has 1 N–H and O–H groups in total. The summed E-state index contributed by atoms with van der Waals surface area (Å²) in [6.07, 6.45) is 1.69. The lowest BCUT2D eigenvalue weighted by Crippen LogP contribution is -2.51. The molecule has 2 rings (SSSR count). The molecular weight excluding hydrogens is 329 g/mol. The Balaban J connectivity index is 1.93. The van der Waals surface area contributed by atoms with Crippen LogP contribution in [0, 0.1) is 0 Å². The molecule has 0 bridgehead atoms. The fraction of sp³-hybridized carbons (Fsp3) is 0.714. The Kier molecular flexibility index (Phi) is 5.25. The van der Waals surface area contributed by atoms with Gasteiger partial charge in [0.1, 0.15) is 10.8 Å². The van der Waals surface area contributed by atoms with Crippen molar-refractivity contribution < 1.29 is 14.6 Å². The number of amides is 1. The monoisotopic (exact) mass is 349 g/mol. The van der Waals surface area contributed by atoms with Gasteiger partial charge in [-0.05, 0) is 33.6 Å². The first-order valence-electron chi connectivity index (χ1n) is 7.22. The summed E-state index contributed by atoms with van der Waals surface area (Å²) in [5, 5.41) is 10.4. The third-order valence-corrected chi connectivity index (χ3v) is 3.96. The molecule has 1 fully saturated rings. The summed E-state index contributed by atoms with van der Waals surface area (Å²) in [4.78, 5) is 19.2. The van der Waals surface area contributed by atoms with E-state index in [0.29, 0.717) is 25.9 Å².